The van der Waals surface area contributed by atoms with Crippen LogP contribution in [0.25, 0.3) is 66.5 Å². The second-order valence-electron chi connectivity index (χ2n) is 31.4. The molecule has 3 aromatic carbocycles. The summed E-state index contributed by atoms with van der Waals surface area (Å²) in [5, 5.41) is 28.6. The Labute approximate surface area is 729 Å². The van der Waals surface area contributed by atoms with Crippen molar-refractivity contribution < 1.29 is 69.8 Å². The summed E-state index contributed by atoms with van der Waals surface area (Å²) in [4.78, 5) is 91.9. The Morgan fingerprint density at radius 1 is 0.468 bits per heavy atom. The number of carboxylic acid groups (broad SMARTS) is 1. The number of carbonyl (C=O) groups is 5. The summed E-state index contributed by atoms with van der Waals surface area (Å²) >= 11 is 0. The van der Waals surface area contributed by atoms with Crippen molar-refractivity contribution >= 4 is 79.3 Å². The minimum atomic E-state index is -1.13. The number of H-pyrrole nitrogens is 1. The minimum absolute atomic E-state index is 0. The second-order valence-corrected chi connectivity index (χ2v) is 42.7. The van der Waals surface area contributed by atoms with Gasteiger partial charge in [-0.1, -0.05) is 72.3 Å². The van der Waals surface area contributed by atoms with E-state index in [-0.39, 0.29) is 61.7 Å². The van der Waals surface area contributed by atoms with Crippen molar-refractivity contribution in [2.45, 2.75) is 92.8 Å². The first-order valence-corrected chi connectivity index (χ1v) is 47.8. The van der Waals surface area contributed by atoms with Crippen molar-refractivity contribution in [1.29, 1.82) is 0 Å². The molecule has 12 aromatic rings. The number of ether oxygens (including phenoxy) is 8. The first-order chi connectivity index (χ1) is 59.1. The maximum atomic E-state index is 12.0. The number of methoxy groups -OCH3 is 3. The van der Waals surface area contributed by atoms with E-state index in [2.05, 4.69) is 113 Å². The molecule has 0 atom stereocenters. The molecule has 3 aliphatic heterocycles. The molecule has 3 fully saturated rings. The first-order valence-electron chi connectivity index (χ1n) is 40.4. The number of fused-ring (bicyclic) bond motifs is 3. The summed E-state index contributed by atoms with van der Waals surface area (Å²) < 4.78 is 48.0. The lowest BCUT2D eigenvalue weighted by atomic mass is 10.2. The van der Waals surface area contributed by atoms with E-state index >= 15 is 0 Å². The van der Waals surface area contributed by atoms with Gasteiger partial charge < -0.3 is 63.0 Å². The fraction of sp³-hybridized carbons (Fsp3) is 0.378. The Morgan fingerprint density at radius 2 is 0.855 bits per heavy atom. The molecular formula is C90H120N18O14Si2. The number of benzene rings is 3. The van der Waals surface area contributed by atoms with Crippen molar-refractivity contribution in [3.63, 3.8) is 0 Å². The quantitative estimate of drug-likeness (QED) is 0.0214. The monoisotopic (exact) mass is 1730 g/mol. The molecule has 0 spiro atoms. The number of hydrogen-bond donors (Lipinski definition) is 3. The number of amides is 3. The summed E-state index contributed by atoms with van der Waals surface area (Å²) in [5.41, 5.74) is 10.6. The van der Waals surface area contributed by atoms with E-state index in [4.69, 9.17) is 57.8 Å². The number of carbonyl (C=O) groups excluding carboxylic acids is 4. The van der Waals surface area contributed by atoms with Crippen molar-refractivity contribution in [2.75, 3.05) is 133 Å². The van der Waals surface area contributed by atoms with E-state index in [1.807, 2.05) is 145 Å². The summed E-state index contributed by atoms with van der Waals surface area (Å²) in [6.45, 7) is 27.7. The molecule has 0 radical (unpaired) electrons. The van der Waals surface area contributed by atoms with E-state index in [0.717, 1.165) is 175 Å². The number of pyridine rings is 6. The maximum absolute atomic E-state index is 12.0. The van der Waals surface area contributed by atoms with Gasteiger partial charge in [0.15, 0.2) is 6.29 Å². The van der Waals surface area contributed by atoms with Gasteiger partial charge in [-0.15, -0.1) is 0 Å². The fourth-order valence-corrected chi connectivity index (χ4v) is 14.7. The van der Waals surface area contributed by atoms with Crippen LogP contribution in [0.3, 0.4) is 0 Å². The molecule has 0 aliphatic carbocycles. The lowest BCUT2D eigenvalue weighted by molar-refractivity contribution is -0.137. The molecule has 0 bridgehead atoms. The zero-order valence-electron chi connectivity index (χ0n) is 70.6. The molecule has 0 saturated carbocycles. The number of hydrogen-bond acceptors (Lipinski definition) is 25. The van der Waals surface area contributed by atoms with Crippen LogP contribution in [0, 0.1) is 0 Å². The van der Waals surface area contributed by atoms with Crippen molar-refractivity contribution in [2.24, 2.45) is 0 Å². The number of nitrogens with zero attached hydrogens (tertiary/aromatic N) is 16. The molecule has 32 nitrogen and oxygen atoms in total. The molecular weight excluding hydrogens is 1610 g/mol. The van der Waals surface area contributed by atoms with E-state index in [1.165, 1.54) is 0 Å². The summed E-state index contributed by atoms with van der Waals surface area (Å²) in [6, 6.07) is 48.5. The van der Waals surface area contributed by atoms with Gasteiger partial charge in [0.25, 0.3) is 6.47 Å². The summed E-state index contributed by atoms with van der Waals surface area (Å²) in [5.74, 6) is 3.78. The Hall–Kier alpha value is -12.0. The molecule has 15 rings (SSSR count). The standard InChI is InChI=1S/C31H40N6O4Si.C25H26N6O3.C24H26N4O3Si.C7H14N2O2.CH2O2.2CH4.2H2/c1-39-22-31(38)36-15-13-35(14-16-36)21-26-7-5-24-19-27(8-9-28(24)34-26)41-30-10-6-25(20-32-30)29-11-12-33-37(29)23-40-17-18-42(2,3)4;1-33-17-25(32)31-12-10-30(11-13-31)16-20-4-2-18-14-21(5-6-22(18)28-20)34-24-7-3-19(15-26-24)23-8-9-27-29-23;1-32(2,3)13-12-30-17-28-23(10-11-26-28)19-5-9-24(25-15-19)31-21-7-8-22-18(14-21)4-6-20(16-29)27-22;1-11-6-7(10)9-4-2-8-3-5-9;2-1-3;;;;/h5-12,19-20H,13-18,21-23H2,1-4H3;2-9,14-15H,10-13,16-17H2,1H3,(H,27,29);4-11,14-16H,12-13,17H2,1-3H3;8H,2-6H2,1H3;1H,(H,2,3);2*1H4;2*1H/i;;;;;;;1+1;. The highest BCUT2D eigenvalue weighted by atomic mass is 28.3. The number of piperazine rings is 3. The van der Waals surface area contributed by atoms with Crippen LogP contribution in [0.15, 0.2) is 183 Å². The maximum Gasteiger partial charge on any atom is 0.290 e. The van der Waals surface area contributed by atoms with Crippen molar-refractivity contribution in [1.82, 2.24) is 89.5 Å². The predicted octanol–water partition coefficient (Wildman–Crippen LogP) is 13.9. The summed E-state index contributed by atoms with van der Waals surface area (Å²) in [7, 11) is 2.40. The van der Waals surface area contributed by atoms with Gasteiger partial charge in [-0.3, -0.25) is 48.8 Å². The van der Waals surface area contributed by atoms with Gasteiger partial charge in [-0.2, -0.15) is 15.3 Å². The van der Waals surface area contributed by atoms with Gasteiger partial charge in [0, 0.05) is 233 Å². The highest BCUT2D eigenvalue weighted by Gasteiger charge is 2.25. The molecule has 12 heterocycles. The Bertz CT molecular complexity index is 5320. The van der Waals surface area contributed by atoms with E-state index in [0.29, 0.717) is 80.2 Å². The lowest BCUT2D eigenvalue weighted by Crippen LogP contribution is -2.49. The largest absolute Gasteiger partial charge is 0.483 e. The van der Waals surface area contributed by atoms with Crippen molar-refractivity contribution in [3.05, 3.63) is 200 Å². The number of rotatable bonds is 30. The zero-order valence-corrected chi connectivity index (χ0v) is 72.6. The van der Waals surface area contributed by atoms with Gasteiger partial charge >= 0.3 is 0 Å². The molecule has 3 saturated heterocycles. The molecule has 3 aliphatic rings. The molecule has 9 aromatic heterocycles. The number of aromatic amines is 1. The summed E-state index contributed by atoms with van der Waals surface area (Å²) in [6.07, 6.45) is 11.3. The Kier molecular flexibility index (Phi) is 37.3. The number of aldehydes is 1. The average Bonchev–Trinajstić information content (AvgIpc) is 0.981. The number of nitrogens with one attached hydrogen (secondary N) is 2. The van der Waals surface area contributed by atoms with Crippen molar-refractivity contribution in [3.8, 4) is 68.7 Å². The van der Waals surface area contributed by atoms with Gasteiger partial charge in [0.05, 0.1) is 45.0 Å². The normalized spacial score (nSPS) is 13.6. The molecule has 3 amide bonds. The van der Waals surface area contributed by atoms with Crippen LogP contribution < -0.4 is 19.5 Å². The third-order valence-electron chi connectivity index (χ3n) is 19.9. The van der Waals surface area contributed by atoms with E-state index in [1.54, 1.807) is 64.6 Å². The minimum Gasteiger partial charge on any atom is -0.483 e. The Morgan fingerprint density at radius 3 is 1.22 bits per heavy atom. The van der Waals surface area contributed by atoms with Gasteiger partial charge in [-0.05, 0) is 121 Å². The van der Waals surface area contributed by atoms with E-state index < -0.39 is 16.1 Å². The van der Waals surface area contributed by atoms with Crippen LogP contribution in [-0.4, -0.2) is 269 Å². The van der Waals surface area contributed by atoms with Crippen LogP contribution in [0.1, 0.15) is 39.6 Å². The molecule has 0 unspecified atom stereocenters. The predicted molar refractivity (Wildman–Crippen MR) is 487 cm³/mol. The highest BCUT2D eigenvalue weighted by molar-refractivity contribution is 6.76. The third kappa shape index (κ3) is 29.7. The Balaban J connectivity index is 0.000000238. The molecule has 124 heavy (non-hydrogen) atoms. The van der Waals surface area contributed by atoms with Crippen LogP contribution in [-0.2, 0) is 69.4 Å². The SMILES string of the molecule is C.C.COCC(=O)N1CCN(Cc2ccc3cc(Oc4ccc(-c5ccn[nH]5)cn4)ccc3n2)CC1.COCC(=O)N1CCN(Cc2ccc3cc(Oc4ccc(-c5ccnn5COCC[Si](C)(C)C)cn4)ccc3n2)CC1.COCC(=O)N1CCNCC1.C[Si](C)(C)CCOCn1nccc1-c1ccc(Oc2ccc3nc(C=O)ccc3c2)nc1.O=CO.[2HH].[HH]. The first kappa shape index (κ1) is 95.9. The fourth-order valence-electron chi connectivity index (χ4n) is 13.2. The zero-order chi connectivity index (χ0) is 86.2. The van der Waals surface area contributed by atoms with Crippen LogP contribution >= 0.6 is 0 Å². The lowest BCUT2D eigenvalue weighted by Gasteiger charge is -2.34. The van der Waals surface area contributed by atoms with Crippen LogP contribution in [0.5, 0.6) is 34.9 Å². The third-order valence-corrected chi connectivity index (χ3v) is 23.3. The van der Waals surface area contributed by atoms with Gasteiger partial charge in [0.2, 0.25) is 35.4 Å². The van der Waals surface area contributed by atoms with Crippen LogP contribution in [0.2, 0.25) is 51.4 Å². The molecule has 34 heteroatoms. The van der Waals surface area contributed by atoms with E-state index in [9.17, 15) is 19.2 Å². The van der Waals surface area contributed by atoms with Gasteiger partial charge in [0.1, 0.15) is 56.2 Å². The van der Waals surface area contributed by atoms with Crippen LogP contribution in [0.4, 0.5) is 0 Å². The smallest absolute Gasteiger partial charge is 0.290 e. The highest BCUT2D eigenvalue weighted by Crippen LogP contribution is 2.31. The molecule has 662 valence electrons. The second kappa shape index (κ2) is 48.2. The van der Waals surface area contributed by atoms with Gasteiger partial charge in [-0.25, -0.2) is 29.3 Å². The number of aromatic nitrogens is 12. The molecule has 3 N–H and O–H groups in total. The topological polar surface area (TPSA) is 349 Å². The average molecular weight is 1740 g/mol.